The lowest BCUT2D eigenvalue weighted by Gasteiger charge is -2.08. The Morgan fingerprint density at radius 2 is 2.27 bits per heavy atom. The van der Waals surface area contributed by atoms with Crippen LogP contribution in [0.25, 0.3) is 0 Å². The summed E-state index contributed by atoms with van der Waals surface area (Å²) < 4.78 is 5.20. The van der Waals surface area contributed by atoms with Crippen LogP contribution in [0.2, 0.25) is 0 Å². The highest BCUT2D eigenvalue weighted by Gasteiger charge is 2.10. The van der Waals surface area contributed by atoms with Gasteiger partial charge >= 0.3 is 0 Å². The number of amides is 1. The summed E-state index contributed by atoms with van der Waals surface area (Å²) in [6.07, 6.45) is 5.06. The Kier molecular flexibility index (Phi) is 4.20. The van der Waals surface area contributed by atoms with Crippen LogP contribution in [0.4, 0.5) is 0 Å². The van der Waals surface area contributed by atoms with Crippen LogP contribution < -0.4 is 10.2 Å². The van der Waals surface area contributed by atoms with E-state index in [9.17, 15) is 4.79 Å². The van der Waals surface area contributed by atoms with Crippen molar-refractivity contribution in [2.75, 3.05) is 13.7 Å². The van der Waals surface area contributed by atoms with Crippen LogP contribution in [0.1, 0.15) is 10.4 Å². The van der Waals surface area contributed by atoms with Gasteiger partial charge in [0.05, 0.1) is 12.7 Å². The third-order valence-corrected chi connectivity index (χ3v) is 1.64. The van der Waals surface area contributed by atoms with Crippen molar-refractivity contribution in [3.63, 3.8) is 0 Å². The van der Waals surface area contributed by atoms with E-state index in [0.717, 1.165) is 0 Å². The van der Waals surface area contributed by atoms with Crippen molar-refractivity contribution < 1.29 is 14.4 Å². The molecule has 1 aromatic carbocycles. The molecule has 0 saturated carbocycles. The summed E-state index contributed by atoms with van der Waals surface area (Å²) in [5.74, 6) is 2.39. The molecule has 0 aliphatic carbocycles. The number of hydrogen-bond acceptors (Lipinski definition) is 3. The van der Waals surface area contributed by atoms with Gasteiger partial charge in [-0.05, 0) is 12.1 Å². The molecule has 1 amide bonds. The van der Waals surface area contributed by atoms with E-state index in [0.29, 0.717) is 11.3 Å². The van der Waals surface area contributed by atoms with Gasteiger partial charge in [0.15, 0.2) is 0 Å². The largest absolute Gasteiger partial charge is 0.480 e. The van der Waals surface area contributed by atoms with Gasteiger partial charge in [-0.1, -0.05) is 18.1 Å². The molecule has 0 radical (unpaired) electrons. The highest BCUT2D eigenvalue weighted by Crippen LogP contribution is 2.17. The third-order valence-electron chi connectivity index (χ3n) is 1.64. The molecule has 4 nitrogen and oxygen atoms in total. The molecule has 0 saturated heterocycles. The van der Waals surface area contributed by atoms with E-state index in [1.54, 1.807) is 24.3 Å². The van der Waals surface area contributed by atoms with Crippen LogP contribution in [0.3, 0.4) is 0 Å². The second-order valence-corrected chi connectivity index (χ2v) is 2.62. The Bertz CT molecular complexity index is 382. The summed E-state index contributed by atoms with van der Waals surface area (Å²) in [5, 5.41) is 0. The second-order valence-electron chi connectivity index (χ2n) is 2.62. The molecule has 0 bridgehead atoms. The number of carbonyl (C=O) groups is 1. The predicted molar refractivity (Wildman–Crippen MR) is 55.2 cm³/mol. The van der Waals surface area contributed by atoms with Crippen molar-refractivity contribution >= 4 is 5.91 Å². The van der Waals surface area contributed by atoms with Crippen LogP contribution in [0, 0.1) is 12.3 Å². The molecule has 15 heavy (non-hydrogen) atoms. The minimum atomic E-state index is -0.370. The Hall–Kier alpha value is -1.99. The molecule has 4 heteroatoms. The van der Waals surface area contributed by atoms with Gasteiger partial charge in [-0.2, -0.15) is 0 Å². The van der Waals surface area contributed by atoms with Gasteiger partial charge in [0.25, 0.3) is 5.91 Å². The van der Waals surface area contributed by atoms with Gasteiger partial charge in [-0.15, -0.1) is 6.42 Å². The number of hydroxylamine groups is 1. The van der Waals surface area contributed by atoms with Crippen molar-refractivity contribution in [1.82, 2.24) is 5.48 Å². The number of benzene rings is 1. The Labute approximate surface area is 88.1 Å². The number of nitrogens with one attached hydrogen (secondary N) is 1. The van der Waals surface area contributed by atoms with E-state index in [4.69, 9.17) is 11.2 Å². The zero-order valence-electron chi connectivity index (χ0n) is 8.32. The topological polar surface area (TPSA) is 47.6 Å². The van der Waals surface area contributed by atoms with E-state index in [-0.39, 0.29) is 12.5 Å². The highest BCUT2D eigenvalue weighted by atomic mass is 16.6. The normalized spacial score (nSPS) is 9.07. The van der Waals surface area contributed by atoms with Crippen molar-refractivity contribution in [3.8, 4) is 18.1 Å². The van der Waals surface area contributed by atoms with Crippen LogP contribution in [-0.4, -0.2) is 19.6 Å². The van der Waals surface area contributed by atoms with Crippen LogP contribution in [0.15, 0.2) is 24.3 Å². The molecular formula is C11H11NO3. The predicted octanol–water partition coefficient (Wildman–Crippen LogP) is 0.990. The SMILES string of the molecule is C#CCOc1ccccc1C(=O)NOC. The Balaban J connectivity index is 2.86. The van der Waals surface area contributed by atoms with Gasteiger partial charge < -0.3 is 4.74 Å². The summed E-state index contributed by atoms with van der Waals surface area (Å²) in [6.45, 7) is 0.122. The number of para-hydroxylation sites is 1. The number of terminal acetylenes is 1. The first kappa shape index (κ1) is 11.1. The maximum absolute atomic E-state index is 11.5. The molecule has 0 fully saturated rings. The molecule has 0 unspecified atom stereocenters. The summed E-state index contributed by atoms with van der Waals surface area (Å²) in [6, 6.07) is 6.78. The zero-order valence-corrected chi connectivity index (χ0v) is 8.32. The smallest absolute Gasteiger partial charge is 0.278 e. The van der Waals surface area contributed by atoms with E-state index < -0.39 is 0 Å². The van der Waals surface area contributed by atoms with Crippen molar-refractivity contribution in [2.45, 2.75) is 0 Å². The lowest BCUT2D eigenvalue weighted by atomic mass is 10.2. The van der Waals surface area contributed by atoms with Crippen molar-refractivity contribution in [1.29, 1.82) is 0 Å². The summed E-state index contributed by atoms with van der Waals surface area (Å²) in [7, 11) is 1.36. The average Bonchev–Trinajstić information content (AvgIpc) is 2.27. The number of carbonyl (C=O) groups excluding carboxylic acids is 1. The van der Waals surface area contributed by atoms with Crippen LogP contribution in [0.5, 0.6) is 5.75 Å². The second kappa shape index (κ2) is 5.68. The average molecular weight is 205 g/mol. The fraction of sp³-hybridized carbons (Fsp3) is 0.182. The zero-order chi connectivity index (χ0) is 11.1. The fourth-order valence-corrected chi connectivity index (χ4v) is 1.05. The summed E-state index contributed by atoms with van der Waals surface area (Å²) in [4.78, 5) is 16.0. The van der Waals surface area contributed by atoms with Crippen molar-refractivity contribution in [3.05, 3.63) is 29.8 Å². The van der Waals surface area contributed by atoms with E-state index in [1.807, 2.05) is 0 Å². The monoisotopic (exact) mass is 205 g/mol. The highest BCUT2D eigenvalue weighted by molar-refractivity contribution is 5.96. The standard InChI is InChI=1S/C11H11NO3/c1-3-8-15-10-7-5-4-6-9(10)11(13)12-14-2/h1,4-7H,8H2,2H3,(H,12,13). The summed E-state index contributed by atoms with van der Waals surface area (Å²) in [5.41, 5.74) is 2.59. The first-order valence-corrected chi connectivity index (χ1v) is 4.28. The molecule has 78 valence electrons. The maximum Gasteiger partial charge on any atom is 0.278 e. The number of hydrogen-bond donors (Lipinski definition) is 1. The molecule has 1 rings (SSSR count). The first-order valence-electron chi connectivity index (χ1n) is 4.28. The van der Waals surface area contributed by atoms with Gasteiger partial charge in [0, 0.05) is 0 Å². The van der Waals surface area contributed by atoms with Gasteiger partial charge in [0.2, 0.25) is 0 Å². The van der Waals surface area contributed by atoms with Crippen LogP contribution in [-0.2, 0) is 4.84 Å². The molecule has 0 heterocycles. The Morgan fingerprint density at radius 1 is 1.53 bits per heavy atom. The lowest BCUT2D eigenvalue weighted by Crippen LogP contribution is -2.22. The molecule has 0 aromatic heterocycles. The summed E-state index contributed by atoms with van der Waals surface area (Å²) >= 11 is 0. The molecule has 1 N–H and O–H groups in total. The number of rotatable bonds is 4. The van der Waals surface area contributed by atoms with Gasteiger partial charge in [-0.3, -0.25) is 9.63 Å². The lowest BCUT2D eigenvalue weighted by molar-refractivity contribution is 0.0534. The molecule has 1 aromatic rings. The third kappa shape index (κ3) is 3.01. The minimum absolute atomic E-state index is 0.122. The molecule has 0 atom stereocenters. The maximum atomic E-state index is 11.5. The molecule has 0 aliphatic heterocycles. The molecular weight excluding hydrogens is 194 g/mol. The number of ether oxygens (including phenoxy) is 1. The Morgan fingerprint density at radius 3 is 2.93 bits per heavy atom. The van der Waals surface area contributed by atoms with Gasteiger partial charge in [-0.25, -0.2) is 5.48 Å². The van der Waals surface area contributed by atoms with E-state index in [1.165, 1.54) is 7.11 Å². The van der Waals surface area contributed by atoms with Crippen molar-refractivity contribution in [2.24, 2.45) is 0 Å². The molecule has 0 aliphatic rings. The van der Waals surface area contributed by atoms with Gasteiger partial charge in [0.1, 0.15) is 12.4 Å². The quantitative estimate of drug-likeness (QED) is 0.589. The van der Waals surface area contributed by atoms with Crippen LogP contribution >= 0.6 is 0 Å². The minimum Gasteiger partial charge on any atom is -0.480 e. The molecule has 0 spiro atoms. The van der Waals surface area contributed by atoms with E-state index in [2.05, 4.69) is 16.2 Å². The first-order chi connectivity index (χ1) is 7.29. The fourth-order valence-electron chi connectivity index (χ4n) is 1.05. The van der Waals surface area contributed by atoms with E-state index >= 15 is 0 Å².